The normalized spacial score (nSPS) is 10.4. The van der Waals surface area contributed by atoms with E-state index in [1.165, 1.54) is 5.56 Å². The SMILES string of the molecule is Cl.NCCN(CCC(=O)Nc1c(Cl)cccc1Cl)Cc1ccccc1. The smallest absolute Gasteiger partial charge is 0.225 e. The summed E-state index contributed by atoms with van der Waals surface area (Å²) in [5.41, 5.74) is 7.33. The second-order valence-electron chi connectivity index (χ2n) is 5.45. The Morgan fingerprint density at radius 1 is 1.00 bits per heavy atom. The second-order valence-corrected chi connectivity index (χ2v) is 6.26. The molecule has 0 spiro atoms. The maximum atomic E-state index is 12.2. The number of benzene rings is 2. The number of nitrogens with one attached hydrogen (secondary N) is 1. The van der Waals surface area contributed by atoms with Crippen LogP contribution in [0.1, 0.15) is 12.0 Å². The van der Waals surface area contributed by atoms with Crippen LogP contribution in [0.2, 0.25) is 10.0 Å². The molecule has 2 rings (SSSR count). The third-order valence-corrected chi connectivity index (χ3v) is 4.21. The van der Waals surface area contributed by atoms with Crippen molar-refractivity contribution in [2.45, 2.75) is 13.0 Å². The molecule has 0 aliphatic heterocycles. The van der Waals surface area contributed by atoms with Crippen molar-refractivity contribution < 1.29 is 4.79 Å². The van der Waals surface area contributed by atoms with Gasteiger partial charge in [-0.25, -0.2) is 0 Å². The van der Waals surface area contributed by atoms with Crippen LogP contribution in [0.3, 0.4) is 0 Å². The van der Waals surface area contributed by atoms with Crippen molar-refractivity contribution in [2.75, 3.05) is 25.0 Å². The highest BCUT2D eigenvalue weighted by Gasteiger charge is 2.12. The molecule has 2 aromatic rings. The quantitative estimate of drug-likeness (QED) is 0.695. The summed E-state index contributed by atoms with van der Waals surface area (Å²) in [5, 5.41) is 3.64. The minimum Gasteiger partial charge on any atom is -0.329 e. The molecule has 7 heteroatoms. The first-order valence-electron chi connectivity index (χ1n) is 7.80. The van der Waals surface area contributed by atoms with Gasteiger partial charge in [-0.1, -0.05) is 59.6 Å². The van der Waals surface area contributed by atoms with Crippen LogP contribution >= 0.6 is 35.6 Å². The molecule has 0 bridgehead atoms. The number of hydrogen-bond acceptors (Lipinski definition) is 3. The molecule has 0 heterocycles. The van der Waals surface area contributed by atoms with E-state index in [4.69, 9.17) is 28.9 Å². The van der Waals surface area contributed by atoms with Gasteiger partial charge in [0.15, 0.2) is 0 Å². The molecule has 3 N–H and O–H groups in total. The van der Waals surface area contributed by atoms with Gasteiger partial charge in [0, 0.05) is 32.6 Å². The Balaban J connectivity index is 0.00000312. The predicted octanol–water partition coefficient (Wildman–Crippen LogP) is 4.20. The van der Waals surface area contributed by atoms with Crippen LogP contribution < -0.4 is 11.1 Å². The van der Waals surface area contributed by atoms with Crippen molar-refractivity contribution in [1.29, 1.82) is 0 Å². The van der Waals surface area contributed by atoms with Gasteiger partial charge in [-0.05, 0) is 17.7 Å². The van der Waals surface area contributed by atoms with Gasteiger partial charge >= 0.3 is 0 Å². The van der Waals surface area contributed by atoms with Crippen molar-refractivity contribution in [3.05, 3.63) is 64.1 Å². The third kappa shape index (κ3) is 7.22. The molecular formula is C18H22Cl3N3O. The van der Waals surface area contributed by atoms with E-state index < -0.39 is 0 Å². The lowest BCUT2D eigenvalue weighted by atomic mass is 10.2. The highest BCUT2D eigenvalue weighted by Crippen LogP contribution is 2.29. The number of anilines is 1. The maximum Gasteiger partial charge on any atom is 0.225 e. The molecular weight excluding hydrogens is 381 g/mol. The number of nitrogens with zero attached hydrogens (tertiary/aromatic N) is 1. The zero-order chi connectivity index (χ0) is 17.4. The molecule has 0 saturated carbocycles. The van der Waals surface area contributed by atoms with Crippen LogP contribution in [0, 0.1) is 0 Å². The van der Waals surface area contributed by atoms with Gasteiger partial charge in [0.2, 0.25) is 5.91 Å². The van der Waals surface area contributed by atoms with E-state index in [-0.39, 0.29) is 18.3 Å². The number of para-hydroxylation sites is 1. The summed E-state index contributed by atoms with van der Waals surface area (Å²) >= 11 is 12.1. The van der Waals surface area contributed by atoms with Gasteiger partial charge < -0.3 is 11.1 Å². The molecule has 0 unspecified atom stereocenters. The highest BCUT2D eigenvalue weighted by atomic mass is 35.5. The summed E-state index contributed by atoms with van der Waals surface area (Å²) in [7, 11) is 0. The number of carbonyl (C=O) groups excluding carboxylic acids is 1. The van der Waals surface area contributed by atoms with E-state index in [0.717, 1.165) is 13.1 Å². The Labute approximate surface area is 164 Å². The number of amides is 1. The molecule has 0 saturated heterocycles. The summed E-state index contributed by atoms with van der Waals surface area (Å²) in [4.78, 5) is 14.3. The summed E-state index contributed by atoms with van der Waals surface area (Å²) in [6.45, 7) is 2.65. The van der Waals surface area contributed by atoms with E-state index >= 15 is 0 Å². The molecule has 0 aliphatic carbocycles. The van der Waals surface area contributed by atoms with E-state index in [1.807, 2.05) is 18.2 Å². The van der Waals surface area contributed by atoms with E-state index in [1.54, 1.807) is 18.2 Å². The van der Waals surface area contributed by atoms with E-state index in [2.05, 4.69) is 22.3 Å². The van der Waals surface area contributed by atoms with Crippen LogP contribution in [0.5, 0.6) is 0 Å². The van der Waals surface area contributed by atoms with Crippen molar-refractivity contribution >= 4 is 47.2 Å². The summed E-state index contributed by atoms with van der Waals surface area (Å²) in [6.07, 6.45) is 0.342. The minimum absolute atomic E-state index is 0. The Hall–Kier alpha value is -1.30. The fourth-order valence-corrected chi connectivity index (χ4v) is 2.86. The van der Waals surface area contributed by atoms with Gasteiger partial charge in [-0.15, -0.1) is 12.4 Å². The molecule has 0 fully saturated rings. The highest BCUT2D eigenvalue weighted by molar-refractivity contribution is 6.39. The Morgan fingerprint density at radius 2 is 1.64 bits per heavy atom. The number of carbonyl (C=O) groups is 1. The first-order chi connectivity index (χ1) is 11.6. The molecule has 0 atom stereocenters. The maximum absolute atomic E-state index is 12.2. The van der Waals surface area contributed by atoms with Crippen LogP contribution in [0.4, 0.5) is 5.69 Å². The zero-order valence-corrected chi connectivity index (χ0v) is 16.1. The largest absolute Gasteiger partial charge is 0.329 e. The van der Waals surface area contributed by atoms with E-state index in [9.17, 15) is 4.79 Å². The Morgan fingerprint density at radius 3 is 2.24 bits per heavy atom. The van der Waals surface area contributed by atoms with Crippen LogP contribution in [-0.4, -0.2) is 30.4 Å². The van der Waals surface area contributed by atoms with Crippen molar-refractivity contribution in [1.82, 2.24) is 4.90 Å². The number of nitrogens with two attached hydrogens (primary N) is 1. The van der Waals surface area contributed by atoms with Gasteiger partial charge in [-0.3, -0.25) is 9.69 Å². The number of hydrogen-bond donors (Lipinski definition) is 2. The molecule has 2 aromatic carbocycles. The van der Waals surface area contributed by atoms with Crippen LogP contribution in [-0.2, 0) is 11.3 Å². The molecule has 0 radical (unpaired) electrons. The third-order valence-electron chi connectivity index (χ3n) is 3.58. The molecule has 136 valence electrons. The summed E-state index contributed by atoms with van der Waals surface area (Å²) in [5.74, 6) is -0.125. The molecule has 0 aliphatic rings. The van der Waals surface area contributed by atoms with Gasteiger partial charge in [0.1, 0.15) is 0 Å². The van der Waals surface area contributed by atoms with Gasteiger partial charge in [0.05, 0.1) is 15.7 Å². The lowest BCUT2D eigenvalue weighted by Gasteiger charge is -2.21. The average Bonchev–Trinajstić information content (AvgIpc) is 2.57. The van der Waals surface area contributed by atoms with Crippen molar-refractivity contribution in [3.63, 3.8) is 0 Å². The van der Waals surface area contributed by atoms with E-state index in [0.29, 0.717) is 35.2 Å². The molecule has 0 aromatic heterocycles. The predicted molar refractivity (Wildman–Crippen MR) is 108 cm³/mol. The fraction of sp³-hybridized carbons (Fsp3) is 0.278. The van der Waals surface area contributed by atoms with Gasteiger partial charge in [-0.2, -0.15) is 0 Å². The molecule has 4 nitrogen and oxygen atoms in total. The average molecular weight is 403 g/mol. The summed E-state index contributed by atoms with van der Waals surface area (Å²) in [6, 6.07) is 15.2. The van der Waals surface area contributed by atoms with Crippen LogP contribution in [0.15, 0.2) is 48.5 Å². The van der Waals surface area contributed by atoms with Crippen LogP contribution in [0.25, 0.3) is 0 Å². The monoisotopic (exact) mass is 401 g/mol. The summed E-state index contributed by atoms with van der Waals surface area (Å²) < 4.78 is 0. The van der Waals surface area contributed by atoms with Gasteiger partial charge in [0.25, 0.3) is 0 Å². The zero-order valence-electron chi connectivity index (χ0n) is 13.8. The first kappa shape index (κ1) is 21.7. The number of halogens is 3. The number of rotatable bonds is 8. The molecule has 25 heavy (non-hydrogen) atoms. The topological polar surface area (TPSA) is 58.4 Å². The fourth-order valence-electron chi connectivity index (χ4n) is 2.37. The first-order valence-corrected chi connectivity index (χ1v) is 8.56. The minimum atomic E-state index is -0.125. The standard InChI is InChI=1S/C18H21Cl2N3O.ClH/c19-15-7-4-8-16(20)18(15)22-17(24)9-11-23(12-10-21)13-14-5-2-1-3-6-14;/h1-8H,9-13,21H2,(H,22,24);1H. The Kier molecular flexibility index (Phi) is 9.86. The van der Waals surface area contributed by atoms with Crippen molar-refractivity contribution in [2.24, 2.45) is 5.73 Å². The lowest BCUT2D eigenvalue weighted by molar-refractivity contribution is -0.116. The second kappa shape index (κ2) is 11.3. The lowest BCUT2D eigenvalue weighted by Crippen LogP contribution is -2.32. The van der Waals surface area contributed by atoms with Crippen molar-refractivity contribution in [3.8, 4) is 0 Å². The molecule has 1 amide bonds. The Bertz CT molecular complexity index is 648.